The maximum Gasteiger partial charge on any atom is 0.0928 e. The minimum Gasteiger partial charge on any atom is -0.396 e. The summed E-state index contributed by atoms with van der Waals surface area (Å²) < 4.78 is 0. The van der Waals surface area contributed by atoms with E-state index in [-0.39, 0.29) is 12.0 Å². The number of hydrogen-bond acceptors (Lipinski definition) is 3. The highest BCUT2D eigenvalue weighted by atomic mass is 32.1. The molecule has 1 aromatic heterocycles. The van der Waals surface area contributed by atoms with Gasteiger partial charge in [-0.1, -0.05) is 20.8 Å². The molecule has 0 aliphatic carbocycles. The molecule has 1 aromatic rings. The summed E-state index contributed by atoms with van der Waals surface area (Å²) in [7, 11) is 0. The monoisotopic (exact) mass is 199 g/mol. The van der Waals surface area contributed by atoms with Crippen molar-refractivity contribution in [3.63, 3.8) is 0 Å². The highest BCUT2D eigenvalue weighted by Crippen LogP contribution is 2.28. The molecule has 0 aliphatic rings. The minimum absolute atomic E-state index is 0.153. The van der Waals surface area contributed by atoms with E-state index in [1.54, 1.807) is 11.3 Å². The normalized spacial score (nSPS) is 14.5. The van der Waals surface area contributed by atoms with Gasteiger partial charge in [0, 0.05) is 24.6 Å². The summed E-state index contributed by atoms with van der Waals surface area (Å²) in [6, 6.07) is 0. The molecular formula is C10H17NOS. The van der Waals surface area contributed by atoms with Crippen LogP contribution >= 0.6 is 11.3 Å². The van der Waals surface area contributed by atoms with Crippen molar-refractivity contribution in [2.24, 2.45) is 11.3 Å². The summed E-state index contributed by atoms with van der Waals surface area (Å²) in [5, 5.41) is 12.3. The van der Waals surface area contributed by atoms with E-state index < -0.39 is 0 Å². The molecule has 0 saturated carbocycles. The smallest absolute Gasteiger partial charge is 0.0928 e. The Kier molecular flexibility index (Phi) is 3.45. The van der Waals surface area contributed by atoms with E-state index in [1.807, 2.05) is 11.6 Å². The van der Waals surface area contributed by atoms with Gasteiger partial charge in [0.05, 0.1) is 5.01 Å². The molecular weight excluding hydrogens is 182 g/mol. The lowest BCUT2D eigenvalue weighted by Crippen LogP contribution is -2.25. The molecule has 0 bridgehead atoms. The first-order valence-corrected chi connectivity index (χ1v) is 5.41. The summed E-state index contributed by atoms with van der Waals surface area (Å²) in [4.78, 5) is 4.22. The first kappa shape index (κ1) is 10.7. The molecule has 1 atom stereocenters. The number of hydrogen-bond donors (Lipinski definition) is 1. The molecule has 3 heteroatoms. The van der Waals surface area contributed by atoms with Gasteiger partial charge in [0.25, 0.3) is 0 Å². The zero-order valence-corrected chi connectivity index (χ0v) is 9.27. The number of aliphatic hydroxyl groups excluding tert-OH is 1. The lowest BCUT2D eigenvalue weighted by atomic mass is 9.79. The van der Waals surface area contributed by atoms with Crippen molar-refractivity contribution < 1.29 is 5.11 Å². The molecule has 0 aromatic carbocycles. The van der Waals surface area contributed by atoms with Gasteiger partial charge < -0.3 is 5.11 Å². The highest BCUT2D eigenvalue weighted by molar-refractivity contribution is 7.09. The molecule has 0 aliphatic heterocycles. The molecule has 0 fully saturated rings. The van der Waals surface area contributed by atoms with E-state index in [2.05, 4.69) is 25.8 Å². The fraction of sp³-hybridized carbons (Fsp3) is 0.700. The Labute approximate surface area is 83.6 Å². The SMILES string of the molecule is CC(C)(C)C(CO)Cc1nccs1. The van der Waals surface area contributed by atoms with Gasteiger partial charge in [-0.15, -0.1) is 11.3 Å². The largest absolute Gasteiger partial charge is 0.396 e. The van der Waals surface area contributed by atoms with Crippen molar-refractivity contribution in [1.82, 2.24) is 4.98 Å². The first-order chi connectivity index (χ1) is 6.04. The maximum atomic E-state index is 9.24. The molecule has 13 heavy (non-hydrogen) atoms. The van der Waals surface area contributed by atoms with Crippen LogP contribution in [0.3, 0.4) is 0 Å². The third-order valence-corrected chi connectivity index (χ3v) is 3.15. The third-order valence-electron chi connectivity index (χ3n) is 2.35. The Morgan fingerprint density at radius 2 is 2.23 bits per heavy atom. The second kappa shape index (κ2) is 4.20. The summed E-state index contributed by atoms with van der Waals surface area (Å²) >= 11 is 1.66. The van der Waals surface area contributed by atoms with Gasteiger partial charge >= 0.3 is 0 Å². The number of nitrogens with zero attached hydrogens (tertiary/aromatic N) is 1. The molecule has 0 radical (unpaired) electrons. The summed E-state index contributed by atoms with van der Waals surface area (Å²) in [5.74, 6) is 0.304. The summed E-state index contributed by atoms with van der Waals surface area (Å²) in [5.41, 5.74) is 0.153. The van der Waals surface area contributed by atoms with Crippen LogP contribution in [-0.2, 0) is 6.42 Å². The van der Waals surface area contributed by atoms with Gasteiger partial charge in [-0.25, -0.2) is 4.98 Å². The predicted molar refractivity (Wildman–Crippen MR) is 55.8 cm³/mol. The van der Waals surface area contributed by atoms with Crippen LogP contribution in [0.25, 0.3) is 0 Å². The first-order valence-electron chi connectivity index (χ1n) is 4.53. The third kappa shape index (κ3) is 3.08. The molecule has 0 saturated heterocycles. The van der Waals surface area contributed by atoms with Crippen LogP contribution in [0, 0.1) is 11.3 Å². The van der Waals surface area contributed by atoms with E-state index in [1.165, 1.54) is 0 Å². The Bertz CT molecular complexity index is 238. The summed E-state index contributed by atoms with van der Waals surface area (Å²) in [6.07, 6.45) is 2.70. The van der Waals surface area contributed by atoms with Gasteiger partial charge in [0.2, 0.25) is 0 Å². The van der Waals surface area contributed by atoms with E-state index in [0.29, 0.717) is 5.92 Å². The summed E-state index contributed by atoms with van der Waals surface area (Å²) in [6.45, 7) is 6.70. The fourth-order valence-electron chi connectivity index (χ4n) is 1.21. The second-order valence-corrected chi connectivity index (χ2v) is 5.35. The highest BCUT2D eigenvalue weighted by Gasteiger charge is 2.24. The van der Waals surface area contributed by atoms with Crippen LogP contribution in [0.1, 0.15) is 25.8 Å². The van der Waals surface area contributed by atoms with E-state index in [0.717, 1.165) is 11.4 Å². The zero-order chi connectivity index (χ0) is 9.90. The van der Waals surface area contributed by atoms with E-state index in [9.17, 15) is 5.11 Å². The predicted octanol–water partition coefficient (Wildman–Crippen LogP) is 2.34. The van der Waals surface area contributed by atoms with Crippen LogP contribution in [0.5, 0.6) is 0 Å². The standard InChI is InChI=1S/C10H17NOS/c1-10(2,3)8(7-12)6-9-11-4-5-13-9/h4-5,8,12H,6-7H2,1-3H3. The Morgan fingerprint density at radius 3 is 2.62 bits per heavy atom. The molecule has 2 nitrogen and oxygen atoms in total. The van der Waals surface area contributed by atoms with Gasteiger partial charge in [-0.3, -0.25) is 0 Å². The molecule has 0 spiro atoms. The zero-order valence-electron chi connectivity index (χ0n) is 8.45. The molecule has 74 valence electrons. The van der Waals surface area contributed by atoms with Gasteiger partial charge in [-0.05, 0) is 11.3 Å². The quantitative estimate of drug-likeness (QED) is 0.810. The van der Waals surface area contributed by atoms with Crippen LogP contribution in [0.15, 0.2) is 11.6 Å². The second-order valence-electron chi connectivity index (χ2n) is 4.38. The number of thiazole rings is 1. The maximum absolute atomic E-state index is 9.24. The van der Waals surface area contributed by atoms with Gasteiger partial charge in [-0.2, -0.15) is 0 Å². The Morgan fingerprint density at radius 1 is 1.54 bits per heavy atom. The fourth-order valence-corrected chi connectivity index (χ4v) is 1.91. The average molecular weight is 199 g/mol. The molecule has 1 heterocycles. The lowest BCUT2D eigenvalue weighted by Gasteiger charge is -2.28. The van der Waals surface area contributed by atoms with Crippen molar-refractivity contribution in [1.29, 1.82) is 0 Å². The van der Waals surface area contributed by atoms with Crippen molar-refractivity contribution in [3.8, 4) is 0 Å². The van der Waals surface area contributed by atoms with Crippen molar-refractivity contribution in [2.75, 3.05) is 6.61 Å². The van der Waals surface area contributed by atoms with Crippen molar-refractivity contribution in [2.45, 2.75) is 27.2 Å². The van der Waals surface area contributed by atoms with Gasteiger partial charge in [0.15, 0.2) is 0 Å². The van der Waals surface area contributed by atoms with Crippen LogP contribution < -0.4 is 0 Å². The van der Waals surface area contributed by atoms with Crippen LogP contribution in [0.4, 0.5) is 0 Å². The molecule has 1 N–H and O–H groups in total. The average Bonchev–Trinajstić information content (AvgIpc) is 2.49. The molecule has 0 amide bonds. The minimum atomic E-state index is 0.153. The van der Waals surface area contributed by atoms with Gasteiger partial charge in [0.1, 0.15) is 0 Å². The Balaban J connectivity index is 2.60. The number of rotatable bonds is 3. The van der Waals surface area contributed by atoms with E-state index >= 15 is 0 Å². The topological polar surface area (TPSA) is 33.1 Å². The van der Waals surface area contributed by atoms with Crippen molar-refractivity contribution in [3.05, 3.63) is 16.6 Å². The van der Waals surface area contributed by atoms with Crippen molar-refractivity contribution >= 4 is 11.3 Å². The van der Waals surface area contributed by atoms with E-state index in [4.69, 9.17) is 0 Å². The number of aliphatic hydroxyl groups is 1. The van der Waals surface area contributed by atoms with Crippen LogP contribution in [-0.4, -0.2) is 16.7 Å². The lowest BCUT2D eigenvalue weighted by molar-refractivity contribution is 0.131. The Hall–Kier alpha value is -0.410. The molecule has 1 unspecified atom stereocenters. The molecule has 1 rings (SSSR count). The number of aromatic nitrogens is 1. The van der Waals surface area contributed by atoms with Crippen LogP contribution in [0.2, 0.25) is 0 Å².